The van der Waals surface area contributed by atoms with Crippen LogP contribution >= 0.6 is 15.9 Å². The van der Waals surface area contributed by atoms with Gasteiger partial charge in [-0.15, -0.1) is 0 Å². The van der Waals surface area contributed by atoms with E-state index >= 15 is 0 Å². The molecule has 0 aliphatic rings. The van der Waals surface area contributed by atoms with Gasteiger partial charge < -0.3 is 13.4 Å². The summed E-state index contributed by atoms with van der Waals surface area (Å²) in [4.78, 5) is 0. The highest BCUT2D eigenvalue weighted by Crippen LogP contribution is 2.46. The van der Waals surface area contributed by atoms with Crippen LogP contribution < -0.4 is 0 Å². The second-order valence-electron chi connectivity index (χ2n) is 10.2. The van der Waals surface area contributed by atoms with Gasteiger partial charge >= 0.3 is 0 Å². The zero-order valence-electron chi connectivity index (χ0n) is 21.2. The molecule has 0 N–H and O–H groups in total. The molecule has 0 bridgehead atoms. The van der Waals surface area contributed by atoms with Crippen LogP contribution in [0.15, 0.2) is 135 Å². The number of furan rings is 2. The first kappa shape index (κ1) is 22.1. The number of para-hydroxylation sites is 3. The predicted octanol–water partition coefficient (Wildman–Crippen LogP) is 11.0. The molecule has 6 aromatic carbocycles. The number of rotatable bonds is 2. The van der Waals surface area contributed by atoms with Gasteiger partial charge in [-0.25, -0.2) is 0 Å². The van der Waals surface area contributed by atoms with Crippen molar-refractivity contribution in [1.82, 2.24) is 4.57 Å². The molecule has 3 heterocycles. The van der Waals surface area contributed by atoms with Crippen molar-refractivity contribution in [1.29, 1.82) is 0 Å². The lowest BCUT2D eigenvalue weighted by molar-refractivity contribution is 0.668. The van der Waals surface area contributed by atoms with Gasteiger partial charge in [0.25, 0.3) is 0 Å². The Labute approximate surface area is 237 Å². The Kier molecular flexibility index (Phi) is 4.47. The average molecular weight is 578 g/mol. The molecule has 0 saturated heterocycles. The second kappa shape index (κ2) is 8.10. The highest BCUT2D eigenvalue weighted by Gasteiger charge is 2.21. The molecule has 9 aromatic rings. The summed E-state index contributed by atoms with van der Waals surface area (Å²) in [5, 5.41) is 6.86. The summed E-state index contributed by atoms with van der Waals surface area (Å²) >= 11 is 4.06. The molecular weight excluding hydrogens is 558 g/mol. The monoisotopic (exact) mass is 577 g/mol. The van der Waals surface area contributed by atoms with E-state index in [1.807, 2.05) is 18.2 Å². The van der Waals surface area contributed by atoms with Crippen LogP contribution in [0.5, 0.6) is 0 Å². The van der Waals surface area contributed by atoms with E-state index < -0.39 is 0 Å². The lowest BCUT2D eigenvalue weighted by Gasteiger charge is -2.12. The van der Waals surface area contributed by atoms with Gasteiger partial charge in [0.05, 0.1) is 21.2 Å². The van der Waals surface area contributed by atoms with Crippen LogP contribution in [0.25, 0.3) is 82.5 Å². The Morgan fingerprint density at radius 1 is 0.425 bits per heavy atom. The van der Waals surface area contributed by atoms with Gasteiger partial charge in [0.15, 0.2) is 0 Å². The minimum Gasteiger partial charge on any atom is -0.456 e. The van der Waals surface area contributed by atoms with Crippen molar-refractivity contribution in [3.05, 3.63) is 126 Å². The maximum atomic E-state index is 6.46. The lowest BCUT2D eigenvalue weighted by Crippen LogP contribution is -1.95. The van der Waals surface area contributed by atoms with Crippen LogP contribution in [-0.4, -0.2) is 4.57 Å². The van der Waals surface area contributed by atoms with Gasteiger partial charge in [0.1, 0.15) is 22.3 Å². The van der Waals surface area contributed by atoms with Gasteiger partial charge in [0, 0.05) is 32.3 Å². The van der Waals surface area contributed by atoms with E-state index in [4.69, 9.17) is 8.83 Å². The number of halogens is 1. The molecule has 0 amide bonds. The van der Waals surface area contributed by atoms with E-state index in [1.54, 1.807) is 0 Å². The molecule has 3 aromatic heterocycles. The quantitative estimate of drug-likeness (QED) is 0.204. The van der Waals surface area contributed by atoms with Gasteiger partial charge in [-0.05, 0) is 69.5 Å². The normalized spacial score (nSPS) is 12.1. The molecule has 0 fully saturated rings. The summed E-state index contributed by atoms with van der Waals surface area (Å²) in [6.07, 6.45) is 0. The Morgan fingerprint density at radius 3 is 1.68 bits per heavy atom. The van der Waals surface area contributed by atoms with Gasteiger partial charge in [-0.3, -0.25) is 0 Å². The van der Waals surface area contributed by atoms with Crippen molar-refractivity contribution in [2.45, 2.75) is 0 Å². The summed E-state index contributed by atoms with van der Waals surface area (Å²) in [7, 11) is 0. The topological polar surface area (TPSA) is 31.2 Å². The number of aromatic nitrogens is 1. The Bertz CT molecular complexity index is 2400. The predicted molar refractivity (Wildman–Crippen MR) is 168 cm³/mol. The first-order valence-electron chi connectivity index (χ1n) is 13.3. The van der Waals surface area contributed by atoms with Crippen molar-refractivity contribution < 1.29 is 8.83 Å². The third-order valence-electron chi connectivity index (χ3n) is 8.09. The van der Waals surface area contributed by atoms with Crippen LogP contribution in [0.4, 0.5) is 0 Å². The third-order valence-corrected chi connectivity index (χ3v) is 8.90. The van der Waals surface area contributed by atoms with Gasteiger partial charge in [-0.2, -0.15) is 0 Å². The molecule has 4 heteroatoms. The Balaban J connectivity index is 1.41. The van der Waals surface area contributed by atoms with Crippen LogP contribution in [0.2, 0.25) is 0 Å². The maximum absolute atomic E-state index is 6.46. The summed E-state index contributed by atoms with van der Waals surface area (Å²) in [6, 6.07) is 42.3. The maximum Gasteiger partial charge on any atom is 0.136 e. The SMILES string of the molecule is Brc1c(-n2c3ccccc3c3ccccc32)ccc2oc3cccc(-c4cccc5oc6ccccc6c45)c3c12. The number of nitrogens with zero attached hydrogens (tertiary/aromatic N) is 1. The standard InChI is InChI=1S/C36H20BrNO2/c37-36-28(38-26-14-4-1-9-21(26)22-10-2-5-15-27(22)38)19-20-32-35(36)34-24(13-8-18-31(34)40-32)23-12-7-17-30-33(23)25-11-3-6-16-29(25)39-30/h1-20H. The second-order valence-corrected chi connectivity index (χ2v) is 11.0. The van der Waals surface area contributed by atoms with Crippen molar-refractivity contribution in [2.24, 2.45) is 0 Å². The van der Waals surface area contributed by atoms with Crippen LogP contribution in [0, 0.1) is 0 Å². The summed E-state index contributed by atoms with van der Waals surface area (Å²) in [6.45, 7) is 0. The molecule has 9 rings (SSSR count). The number of hydrogen-bond acceptors (Lipinski definition) is 2. The van der Waals surface area contributed by atoms with E-state index in [1.165, 1.54) is 21.8 Å². The first-order valence-corrected chi connectivity index (χ1v) is 14.1. The minimum atomic E-state index is 0.850. The molecule has 0 unspecified atom stereocenters. The van der Waals surface area contributed by atoms with Crippen LogP contribution in [0.3, 0.4) is 0 Å². The molecule has 0 radical (unpaired) electrons. The zero-order chi connectivity index (χ0) is 26.4. The molecule has 0 aliphatic carbocycles. The fourth-order valence-corrected chi connectivity index (χ4v) is 7.14. The van der Waals surface area contributed by atoms with Crippen molar-refractivity contribution >= 4 is 81.6 Å². The van der Waals surface area contributed by atoms with Crippen LogP contribution in [-0.2, 0) is 0 Å². The molecule has 40 heavy (non-hydrogen) atoms. The highest BCUT2D eigenvalue weighted by molar-refractivity contribution is 9.10. The van der Waals surface area contributed by atoms with Crippen molar-refractivity contribution in [2.75, 3.05) is 0 Å². The lowest BCUT2D eigenvalue weighted by atomic mass is 9.95. The van der Waals surface area contributed by atoms with Crippen molar-refractivity contribution in [3.63, 3.8) is 0 Å². The Morgan fingerprint density at radius 2 is 0.950 bits per heavy atom. The van der Waals surface area contributed by atoms with Crippen LogP contribution in [0.1, 0.15) is 0 Å². The molecule has 0 spiro atoms. The summed E-state index contributed by atoms with van der Waals surface area (Å²) < 4.78 is 16.0. The third kappa shape index (κ3) is 2.89. The van der Waals surface area contributed by atoms with E-state index in [0.29, 0.717) is 0 Å². The van der Waals surface area contributed by atoms with E-state index in [-0.39, 0.29) is 0 Å². The molecular formula is C36H20BrNO2. The number of benzene rings is 6. The first-order chi connectivity index (χ1) is 19.8. The fourth-order valence-electron chi connectivity index (χ4n) is 6.44. The zero-order valence-corrected chi connectivity index (χ0v) is 22.8. The smallest absolute Gasteiger partial charge is 0.136 e. The van der Waals surface area contributed by atoms with E-state index in [9.17, 15) is 0 Å². The number of fused-ring (bicyclic) bond motifs is 9. The number of hydrogen-bond donors (Lipinski definition) is 0. The minimum absolute atomic E-state index is 0.850. The largest absolute Gasteiger partial charge is 0.456 e. The molecule has 0 atom stereocenters. The van der Waals surface area contributed by atoms with E-state index in [2.05, 4.69) is 124 Å². The Hall–Kier alpha value is -4.80. The molecule has 0 aliphatic heterocycles. The molecule has 0 saturated carbocycles. The summed E-state index contributed by atoms with van der Waals surface area (Å²) in [5.41, 5.74) is 9.16. The van der Waals surface area contributed by atoms with E-state index in [0.717, 1.165) is 65.2 Å². The highest BCUT2D eigenvalue weighted by atomic mass is 79.9. The van der Waals surface area contributed by atoms with Crippen molar-refractivity contribution in [3.8, 4) is 16.8 Å². The van der Waals surface area contributed by atoms with Gasteiger partial charge in [-0.1, -0.05) is 78.9 Å². The van der Waals surface area contributed by atoms with Gasteiger partial charge in [0.2, 0.25) is 0 Å². The fraction of sp³-hybridized carbons (Fsp3) is 0. The summed E-state index contributed by atoms with van der Waals surface area (Å²) in [5.74, 6) is 0. The molecule has 3 nitrogen and oxygen atoms in total. The molecule has 188 valence electrons. The average Bonchev–Trinajstić information content (AvgIpc) is 3.67.